The second kappa shape index (κ2) is 3.97. The topological polar surface area (TPSA) is 18.5 Å². The number of hydrogen-bond donors (Lipinski definition) is 0. The molecule has 0 aromatic heterocycles. The van der Waals surface area contributed by atoms with Crippen LogP contribution in [-0.4, -0.2) is 25.4 Å². The molecule has 2 heteroatoms. The molecule has 2 aliphatic rings. The maximum Gasteiger partial charge on any atom is 0.0840 e. The first kappa shape index (κ1) is 9.47. The van der Waals surface area contributed by atoms with Gasteiger partial charge in [0.2, 0.25) is 0 Å². The fourth-order valence-electron chi connectivity index (χ4n) is 2.50. The van der Waals surface area contributed by atoms with Gasteiger partial charge in [-0.15, -0.1) is 0 Å². The zero-order chi connectivity index (χ0) is 9.26. The van der Waals surface area contributed by atoms with Crippen molar-refractivity contribution in [3.05, 3.63) is 0 Å². The van der Waals surface area contributed by atoms with Gasteiger partial charge in [-0.2, -0.15) is 0 Å². The van der Waals surface area contributed by atoms with Crippen molar-refractivity contribution in [1.29, 1.82) is 0 Å². The molecular weight excluding hydrogens is 164 g/mol. The molecule has 0 radical (unpaired) electrons. The van der Waals surface area contributed by atoms with Gasteiger partial charge in [-0.25, -0.2) is 0 Å². The second-order valence-corrected chi connectivity index (χ2v) is 4.64. The number of rotatable bonds is 1. The molecule has 1 aliphatic heterocycles. The molecule has 0 amide bonds. The molecular formula is C11H20O2. The van der Waals surface area contributed by atoms with E-state index in [0.29, 0.717) is 12.2 Å². The highest BCUT2D eigenvalue weighted by Crippen LogP contribution is 2.34. The molecule has 2 fully saturated rings. The number of fused-ring (bicyclic) bond motifs is 1. The first-order valence-corrected chi connectivity index (χ1v) is 5.50. The van der Waals surface area contributed by atoms with Gasteiger partial charge in [-0.3, -0.25) is 0 Å². The molecule has 1 saturated carbocycles. The minimum absolute atomic E-state index is 0.398. The third-order valence-electron chi connectivity index (χ3n) is 3.46. The summed E-state index contributed by atoms with van der Waals surface area (Å²) in [7, 11) is 0. The van der Waals surface area contributed by atoms with Crippen LogP contribution in [0.4, 0.5) is 0 Å². The van der Waals surface area contributed by atoms with E-state index < -0.39 is 0 Å². The fraction of sp³-hybridized carbons (Fsp3) is 1.00. The van der Waals surface area contributed by atoms with Crippen LogP contribution in [-0.2, 0) is 9.47 Å². The van der Waals surface area contributed by atoms with Crippen LogP contribution in [0.1, 0.15) is 33.1 Å². The van der Waals surface area contributed by atoms with Gasteiger partial charge in [0.05, 0.1) is 25.4 Å². The van der Waals surface area contributed by atoms with Gasteiger partial charge >= 0.3 is 0 Å². The summed E-state index contributed by atoms with van der Waals surface area (Å²) in [5.41, 5.74) is 0. The van der Waals surface area contributed by atoms with Crippen molar-refractivity contribution in [1.82, 2.24) is 0 Å². The lowest BCUT2D eigenvalue weighted by Crippen LogP contribution is -2.43. The Kier molecular flexibility index (Phi) is 2.89. The van der Waals surface area contributed by atoms with Crippen molar-refractivity contribution in [2.45, 2.75) is 45.3 Å². The minimum Gasteiger partial charge on any atom is -0.373 e. The van der Waals surface area contributed by atoms with Crippen LogP contribution in [0.5, 0.6) is 0 Å². The Bertz CT molecular complexity index is 167. The highest BCUT2D eigenvalue weighted by molar-refractivity contribution is 4.84. The molecule has 0 aromatic rings. The summed E-state index contributed by atoms with van der Waals surface area (Å²) in [4.78, 5) is 0. The molecule has 0 bridgehead atoms. The van der Waals surface area contributed by atoms with Gasteiger partial charge in [0.15, 0.2) is 0 Å². The summed E-state index contributed by atoms with van der Waals surface area (Å²) in [5.74, 6) is 1.65. The van der Waals surface area contributed by atoms with Crippen molar-refractivity contribution in [3.8, 4) is 0 Å². The molecule has 2 rings (SSSR count). The minimum atomic E-state index is 0.398. The van der Waals surface area contributed by atoms with Crippen molar-refractivity contribution in [2.24, 2.45) is 11.8 Å². The van der Waals surface area contributed by atoms with Gasteiger partial charge in [-0.1, -0.05) is 13.8 Å². The van der Waals surface area contributed by atoms with E-state index in [-0.39, 0.29) is 0 Å². The third kappa shape index (κ3) is 2.05. The van der Waals surface area contributed by atoms with E-state index in [0.717, 1.165) is 25.0 Å². The molecule has 13 heavy (non-hydrogen) atoms. The van der Waals surface area contributed by atoms with Gasteiger partial charge in [0.1, 0.15) is 0 Å². The molecule has 0 spiro atoms. The maximum atomic E-state index is 5.74. The van der Waals surface area contributed by atoms with E-state index in [9.17, 15) is 0 Å². The van der Waals surface area contributed by atoms with Gasteiger partial charge in [0.25, 0.3) is 0 Å². The molecule has 1 aliphatic carbocycles. The van der Waals surface area contributed by atoms with E-state index in [4.69, 9.17) is 9.47 Å². The van der Waals surface area contributed by atoms with E-state index in [1.54, 1.807) is 0 Å². The fourth-order valence-corrected chi connectivity index (χ4v) is 2.50. The molecule has 0 N–H and O–H groups in total. The number of ether oxygens (including phenoxy) is 2. The number of hydrogen-bond acceptors (Lipinski definition) is 2. The van der Waals surface area contributed by atoms with Crippen LogP contribution >= 0.6 is 0 Å². The summed E-state index contributed by atoms with van der Waals surface area (Å²) < 4.78 is 11.4. The predicted molar refractivity (Wildman–Crippen MR) is 51.7 cm³/mol. The summed E-state index contributed by atoms with van der Waals surface area (Å²) in [6.07, 6.45) is 4.54. The maximum absolute atomic E-state index is 5.74. The standard InChI is InChI=1S/C11H20O2/c1-8(2)9-3-4-10-11(7-9)13-6-5-12-10/h8-11H,3-7H2,1-2H3. The monoisotopic (exact) mass is 184 g/mol. The summed E-state index contributed by atoms with van der Waals surface area (Å²) in [6.45, 7) is 6.23. The van der Waals surface area contributed by atoms with E-state index in [1.165, 1.54) is 19.3 Å². The average Bonchev–Trinajstić information content (AvgIpc) is 2.17. The summed E-state index contributed by atoms with van der Waals surface area (Å²) in [5, 5.41) is 0. The largest absolute Gasteiger partial charge is 0.373 e. The van der Waals surface area contributed by atoms with Crippen molar-refractivity contribution < 1.29 is 9.47 Å². The molecule has 0 aromatic carbocycles. The molecule has 3 atom stereocenters. The van der Waals surface area contributed by atoms with E-state index in [1.807, 2.05) is 0 Å². The SMILES string of the molecule is CC(C)C1CCC2OCCOC2C1. The Morgan fingerprint density at radius 1 is 1.00 bits per heavy atom. The molecule has 1 saturated heterocycles. The van der Waals surface area contributed by atoms with Crippen LogP contribution < -0.4 is 0 Å². The van der Waals surface area contributed by atoms with Gasteiger partial charge < -0.3 is 9.47 Å². The van der Waals surface area contributed by atoms with Crippen LogP contribution in [0, 0.1) is 11.8 Å². The van der Waals surface area contributed by atoms with E-state index in [2.05, 4.69) is 13.8 Å². The van der Waals surface area contributed by atoms with Crippen LogP contribution in [0.25, 0.3) is 0 Å². The lowest BCUT2D eigenvalue weighted by Gasteiger charge is -2.40. The van der Waals surface area contributed by atoms with Crippen LogP contribution in [0.3, 0.4) is 0 Å². The van der Waals surface area contributed by atoms with Crippen molar-refractivity contribution in [3.63, 3.8) is 0 Å². The highest BCUT2D eigenvalue weighted by atomic mass is 16.6. The highest BCUT2D eigenvalue weighted by Gasteiger charge is 2.34. The predicted octanol–water partition coefficient (Wildman–Crippen LogP) is 2.23. The van der Waals surface area contributed by atoms with Crippen molar-refractivity contribution in [2.75, 3.05) is 13.2 Å². The zero-order valence-electron chi connectivity index (χ0n) is 8.66. The van der Waals surface area contributed by atoms with Crippen LogP contribution in [0.15, 0.2) is 0 Å². The van der Waals surface area contributed by atoms with Crippen LogP contribution in [0.2, 0.25) is 0 Å². The van der Waals surface area contributed by atoms with Gasteiger partial charge in [-0.05, 0) is 31.1 Å². The Morgan fingerprint density at radius 2 is 1.69 bits per heavy atom. The molecule has 2 nitrogen and oxygen atoms in total. The lowest BCUT2D eigenvalue weighted by atomic mass is 9.79. The van der Waals surface area contributed by atoms with Gasteiger partial charge in [0, 0.05) is 0 Å². The molecule has 3 unspecified atom stereocenters. The summed E-state index contributed by atoms with van der Waals surface area (Å²) >= 11 is 0. The Hall–Kier alpha value is -0.0800. The Labute approximate surface area is 80.6 Å². The first-order valence-electron chi connectivity index (χ1n) is 5.50. The first-order chi connectivity index (χ1) is 6.27. The molecule has 76 valence electrons. The third-order valence-corrected chi connectivity index (χ3v) is 3.46. The van der Waals surface area contributed by atoms with Crippen molar-refractivity contribution >= 4 is 0 Å². The molecule has 1 heterocycles. The normalized spacial score (nSPS) is 40.4. The Balaban J connectivity index is 1.91. The smallest absolute Gasteiger partial charge is 0.0840 e. The lowest BCUT2D eigenvalue weighted by molar-refractivity contribution is -0.163. The summed E-state index contributed by atoms with van der Waals surface area (Å²) in [6, 6.07) is 0. The Morgan fingerprint density at radius 3 is 2.38 bits per heavy atom. The zero-order valence-corrected chi connectivity index (χ0v) is 8.66. The quantitative estimate of drug-likeness (QED) is 0.622. The van der Waals surface area contributed by atoms with E-state index >= 15 is 0 Å². The second-order valence-electron chi connectivity index (χ2n) is 4.64. The average molecular weight is 184 g/mol.